The van der Waals surface area contributed by atoms with E-state index in [1.807, 2.05) is 0 Å². The molecule has 0 bridgehead atoms. The molecule has 0 atom stereocenters. The first kappa shape index (κ1) is 19.6. The Kier molecular flexibility index (Phi) is 4.97. The van der Waals surface area contributed by atoms with E-state index >= 15 is 4.39 Å². The minimum Gasteiger partial charge on any atom is -0.353 e. The van der Waals surface area contributed by atoms with Gasteiger partial charge in [-0.1, -0.05) is 12.1 Å². The number of anilines is 1. The highest BCUT2D eigenvalue weighted by molar-refractivity contribution is 6.34. The van der Waals surface area contributed by atoms with Crippen molar-refractivity contribution in [3.63, 3.8) is 0 Å². The number of hydrogen-bond acceptors (Lipinski definition) is 5. The first-order valence-electron chi connectivity index (χ1n) is 8.29. The van der Waals surface area contributed by atoms with Crippen LogP contribution in [0.5, 0.6) is 0 Å². The Morgan fingerprint density at radius 2 is 1.61 bits per heavy atom. The van der Waals surface area contributed by atoms with Crippen LogP contribution in [0.4, 0.5) is 15.8 Å². The number of nitrogens with zero attached hydrogens (tertiary/aromatic N) is 2. The van der Waals surface area contributed by atoms with Crippen molar-refractivity contribution in [2.24, 2.45) is 0 Å². The molecule has 0 aliphatic carbocycles. The summed E-state index contributed by atoms with van der Waals surface area (Å²) in [6, 6.07) is 8.36. The zero-order chi connectivity index (χ0) is 20.6. The fourth-order valence-electron chi connectivity index (χ4n) is 3.08. The van der Waals surface area contributed by atoms with Crippen molar-refractivity contribution in [3.8, 4) is 0 Å². The molecule has 2 amide bonds. The van der Waals surface area contributed by atoms with Gasteiger partial charge in [0.05, 0.1) is 27.3 Å². The van der Waals surface area contributed by atoms with Crippen LogP contribution in [-0.4, -0.2) is 42.0 Å². The maximum atomic E-state index is 15.4. The van der Waals surface area contributed by atoms with E-state index in [0.29, 0.717) is 4.90 Å². The third-order valence-corrected chi connectivity index (χ3v) is 4.80. The molecule has 9 heteroatoms. The molecular weight excluding hydrogens is 371 g/mol. The van der Waals surface area contributed by atoms with Gasteiger partial charge in [0.2, 0.25) is 0 Å². The van der Waals surface area contributed by atoms with E-state index in [1.165, 1.54) is 33.3 Å². The molecule has 2 aromatic rings. The molecule has 1 aliphatic heterocycles. The van der Waals surface area contributed by atoms with Crippen molar-refractivity contribution in [3.05, 3.63) is 63.8 Å². The average molecular weight is 389 g/mol. The molecule has 0 saturated carbocycles. The van der Waals surface area contributed by atoms with E-state index in [-0.39, 0.29) is 28.8 Å². The minimum absolute atomic E-state index is 0.156. The molecule has 1 N–H and O–H groups in total. The van der Waals surface area contributed by atoms with Crippen molar-refractivity contribution in [2.45, 2.75) is 19.1 Å². The second kappa shape index (κ2) is 7.10. The van der Waals surface area contributed by atoms with Gasteiger partial charge in [0, 0.05) is 26.7 Å². The molecule has 1 aliphatic rings. The fraction of sp³-hybridized carbons (Fsp3) is 0.263. The predicted molar refractivity (Wildman–Crippen MR) is 95.2 cm³/mol. The van der Waals surface area contributed by atoms with Gasteiger partial charge in [0.25, 0.3) is 16.7 Å². The van der Waals surface area contributed by atoms with Crippen LogP contribution in [0.25, 0.3) is 0 Å². The molecule has 0 saturated heterocycles. The standard InChI is InChI=1S/C19H18FN2O6/c1-19(27-2,28-3)10-13-14(22(25)26)8-9-15(16(13)20)21-17(23)11-6-4-5-7-12(11)18(21)24/h4-9H,10H2,1-3H3,(H,25,26)/q+1. The van der Waals surface area contributed by atoms with Crippen molar-refractivity contribution in [1.82, 2.24) is 0 Å². The highest BCUT2D eigenvalue weighted by atomic mass is 19.1. The maximum Gasteiger partial charge on any atom is 0.323 e. The molecule has 3 rings (SSSR count). The molecular formula is C19H18FN2O6+. The SMILES string of the molecule is COC(C)(Cc1c([N+](=O)O)ccc(N2C(=O)c3ccccc3C2=O)c1F)OC. The van der Waals surface area contributed by atoms with Crippen LogP contribution in [0, 0.1) is 10.7 Å². The number of halogens is 1. The Morgan fingerprint density at radius 3 is 2.07 bits per heavy atom. The van der Waals surface area contributed by atoms with Gasteiger partial charge < -0.3 is 9.47 Å². The molecule has 8 nitrogen and oxygen atoms in total. The molecule has 28 heavy (non-hydrogen) atoms. The van der Waals surface area contributed by atoms with Crippen LogP contribution in [-0.2, 0) is 15.9 Å². The summed E-state index contributed by atoms with van der Waals surface area (Å²) >= 11 is 0. The van der Waals surface area contributed by atoms with Gasteiger partial charge in [0.1, 0.15) is 0 Å². The van der Waals surface area contributed by atoms with Gasteiger partial charge in [0.15, 0.2) is 11.6 Å². The second-order valence-electron chi connectivity index (χ2n) is 6.38. The van der Waals surface area contributed by atoms with Crippen molar-refractivity contribution >= 4 is 23.2 Å². The van der Waals surface area contributed by atoms with Gasteiger partial charge in [-0.05, 0) is 25.1 Å². The van der Waals surface area contributed by atoms with E-state index in [9.17, 15) is 19.7 Å². The summed E-state index contributed by atoms with van der Waals surface area (Å²) in [5, 5.41) is 9.36. The molecule has 146 valence electrons. The van der Waals surface area contributed by atoms with Crippen LogP contribution < -0.4 is 4.90 Å². The van der Waals surface area contributed by atoms with Gasteiger partial charge >= 0.3 is 5.69 Å². The Labute approximate surface area is 159 Å². The fourth-order valence-corrected chi connectivity index (χ4v) is 3.08. The Bertz CT molecular complexity index is 951. The number of amides is 2. The van der Waals surface area contributed by atoms with Gasteiger partial charge in [-0.3, -0.25) is 9.59 Å². The van der Waals surface area contributed by atoms with Gasteiger partial charge in [-0.25, -0.2) is 14.5 Å². The summed E-state index contributed by atoms with van der Waals surface area (Å²) in [7, 11) is 2.67. The lowest BCUT2D eigenvalue weighted by Gasteiger charge is -2.26. The lowest BCUT2D eigenvalue weighted by atomic mass is 10.0. The van der Waals surface area contributed by atoms with Crippen LogP contribution >= 0.6 is 0 Å². The zero-order valence-corrected chi connectivity index (χ0v) is 15.4. The minimum atomic E-state index is -1.31. The van der Waals surface area contributed by atoms with E-state index in [0.717, 1.165) is 12.1 Å². The summed E-state index contributed by atoms with van der Waals surface area (Å²) < 4.78 is 25.8. The normalized spacial score (nSPS) is 13.8. The number of methoxy groups -OCH3 is 2. The van der Waals surface area contributed by atoms with Crippen LogP contribution in [0.1, 0.15) is 33.2 Å². The third-order valence-electron chi connectivity index (χ3n) is 4.80. The summed E-state index contributed by atoms with van der Waals surface area (Å²) in [5.41, 5.74) is -0.676. The summed E-state index contributed by atoms with van der Waals surface area (Å²) in [6.45, 7) is 1.51. The molecule has 2 aromatic carbocycles. The first-order chi connectivity index (χ1) is 13.2. The van der Waals surface area contributed by atoms with Crippen LogP contribution in [0.2, 0.25) is 0 Å². The highest BCUT2D eigenvalue weighted by Gasteiger charge is 2.40. The largest absolute Gasteiger partial charge is 0.353 e. The molecule has 1 heterocycles. The number of rotatable bonds is 6. The quantitative estimate of drug-likeness (QED) is 0.464. The number of carbonyl (C=O) groups is 2. The summed E-state index contributed by atoms with van der Waals surface area (Å²) in [6.07, 6.45) is -0.266. The van der Waals surface area contributed by atoms with Crippen LogP contribution in [0.3, 0.4) is 0 Å². The number of benzene rings is 2. The monoisotopic (exact) mass is 389 g/mol. The summed E-state index contributed by atoms with van der Waals surface area (Å²) in [4.78, 5) is 37.0. The second-order valence-corrected chi connectivity index (χ2v) is 6.38. The lowest BCUT2D eigenvalue weighted by Crippen LogP contribution is -2.34. The summed E-state index contributed by atoms with van der Waals surface area (Å²) in [5.74, 6) is -3.68. The van der Waals surface area contributed by atoms with E-state index < -0.39 is 34.0 Å². The Balaban J connectivity index is 2.14. The average Bonchev–Trinajstić information content (AvgIpc) is 2.94. The van der Waals surface area contributed by atoms with Crippen LogP contribution in [0.15, 0.2) is 36.4 Å². The van der Waals surface area contributed by atoms with Crippen molar-refractivity contribution in [2.75, 3.05) is 19.1 Å². The molecule has 0 unspecified atom stereocenters. The van der Waals surface area contributed by atoms with Gasteiger partial charge in [-0.2, -0.15) is 0 Å². The number of fused-ring (bicyclic) bond motifs is 1. The van der Waals surface area contributed by atoms with Gasteiger partial charge in [-0.15, -0.1) is 0 Å². The van der Waals surface area contributed by atoms with E-state index in [1.54, 1.807) is 12.1 Å². The van der Waals surface area contributed by atoms with Crippen molar-refractivity contribution < 1.29 is 33.6 Å². The molecule has 0 radical (unpaired) electrons. The Morgan fingerprint density at radius 1 is 1.07 bits per heavy atom. The zero-order valence-electron chi connectivity index (χ0n) is 15.4. The van der Waals surface area contributed by atoms with E-state index in [4.69, 9.17) is 9.47 Å². The smallest absolute Gasteiger partial charge is 0.323 e. The van der Waals surface area contributed by atoms with Crippen molar-refractivity contribution in [1.29, 1.82) is 0 Å². The first-order valence-corrected chi connectivity index (χ1v) is 8.29. The Hall–Kier alpha value is -3.17. The number of imide groups is 1. The lowest BCUT2D eigenvalue weighted by molar-refractivity contribution is -0.730. The van der Waals surface area contributed by atoms with E-state index in [2.05, 4.69) is 0 Å². The number of ether oxygens (including phenoxy) is 2. The predicted octanol–water partition coefficient (Wildman–Crippen LogP) is 2.98. The molecule has 0 aromatic heterocycles. The third kappa shape index (κ3) is 3.04. The highest BCUT2D eigenvalue weighted by Crippen LogP contribution is 2.36. The molecule has 0 fully saturated rings. The number of hydrogen-bond donors (Lipinski definition) is 1. The topological polar surface area (TPSA) is 96.2 Å². The maximum absolute atomic E-state index is 15.4. The number of carbonyl (C=O) groups excluding carboxylic acids is 2. The molecule has 0 spiro atoms.